The normalized spacial score (nSPS) is 11.5. The Morgan fingerprint density at radius 1 is 0.952 bits per heavy atom. The second-order valence-corrected chi connectivity index (χ2v) is 5.86. The SMILES string of the molecule is CC(=O)c1c(F)cc(C(C)(C)c2ccc(C)cc2)cc1F. The molecule has 0 unspecified atom stereocenters. The van der Waals surface area contributed by atoms with E-state index in [0.29, 0.717) is 5.56 Å². The Bertz CT molecular complexity index is 662. The van der Waals surface area contributed by atoms with Crippen molar-refractivity contribution in [1.82, 2.24) is 0 Å². The monoisotopic (exact) mass is 288 g/mol. The van der Waals surface area contributed by atoms with Gasteiger partial charge in [-0.25, -0.2) is 8.78 Å². The van der Waals surface area contributed by atoms with E-state index in [1.54, 1.807) is 0 Å². The molecule has 0 N–H and O–H groups in total. The summed E-state index contributed by atoms with van der Waals surface area (Å²) < 4.78 is 28.0. The van der Waals surface area contributed by atoms with Crippen LogP contribution in [0.3, 0.4) is 0 Å². The molecule has 3 heteroatoms. The van der Waals surface area contributed by atoms with Gasteiger partial charge in [-0.1, -0.05) is 43.7 Å². The Kier molecular flexibility index (Phi) is 3.95. The Morgan fingerprint density at radius 2 is 1.43 bits per heavy atom. The van der Waals surface area contributed by atoms with E-state index in [1.807, 2.05) is 45.0 Å². The number of hydrogen-bond donors (Lipinski definition) is 0. The second-order valence-electron chi connectivity index (χ2n) is 5.86. The fourth-order valence-corrected chi connectivity index (χ4v) is 2.41. The fourth-order valence-electron chi connectivity index (χ4n) is 2.41. The van der Waals surface area contributed by atoms with Crippen LogP contribution in [0.25, 0.3) is 0 Å². The molecule has 2 aromatic rings. The summed E-state index contributed by atoms with van der Waals surface area (Å²) in [6, 6.07) is 10.3. The van der Waals surface area contributed by atoms with Gasteiger partial charge in [0, 0.05) is 5.41 Å². The summed E-state index contributed by atoms with van der Waals surface area (Å²) in [6.07, 6.45) is 0. The molecule has 0 aliphatic heterocycles. The minimum absolute atomic E-state index is 0.474. The van der Waals surface area contributed by atoms with Crippen LogP contribution in [-0.2, 0) is 5.41 Å². The lowest BCUT2D eigenvalue weighted by Crippen LogP contribution is -2.20. The number of Topliss-reactive ketones (excluding diaryl/α,β-unsaturated/α-hetero) is 1. The third-order valence-electron chi connectivity index (χ3n) is 3.89. The van der Waals surface area contributed by atoms with E-state index in [1.165, 1.54) is 12.1 Å². The number of ketones is 1. The molecule has 0 saturated heterocycles. The van der Waals surface area contributed by atoms with Crippen molar-refractivity contribution in [1.29, 1.82) is 0 Å². The first kappa shape index (κ1) is 15.4. The lowest BCUT2D eigenvalue weighted by Gasteiger charge is -2.26. The number of carbonyl (C=O) groups excluding carboxylic acids is 1. The molecule has 0 aliphatic rings. The quantitative estimate of drug-likeness (QED) is 0.741. The van der Waals surface area contributed by atoms with Crippen LogP contribution in [0.4, 0.5) is 8.78 Å². The van der Waals surface area contributed by atoms with Crippen LogP contribution in [0.2, 0.25) is 0 Å². The van der Waals surface area contributed by atoms with Crippen molar-refractivity contribution < 1.29 is 13.6 Å². The lowest BCUT2D eigenvalue weighted by molar-refractivity contribution is 0.100. The van der Waals surface area contributed by atoms with Gasteiger partial charge in [0.05, 0.1) is 5.56 Å². The van der Waals surface area contributed by atoms with Gasteiger partial charge in [-0.3, -0.25) is 4.79 Å². The molecule has 0 saturated carbocycles. The summed E-state index contributed by atoms with van der Waals surface area (Å²) in [5.41, 5.74) is 1.57. The standard InChI is InChI=1S/C18H18F2O/c1-11-5-7-13(8-6-11)18(3,4)14-9-15(19)17(12(2)21)16(20)10-14/h5-10H,1-4H3. The van der Waals surface area contributed by atoms with E-state index in [2.05, 4.69) is 0 Å². The third kappa shape index (κ3) is 2.87. The van der Waals surface area contributed by atoms with E-state index in [0.717, 1.165) is 18.1 Å². The summed E-state index contributed by atoms with van der Waals surface area (Å²) in [7, 11) is 0. The molecular weight excluding hydrogens is 270 g/mol. The summed E-state index contributed by atoms with van der Waals surface area (Å²) in [4.78, 5) is 11.3. The number of hydrogen-bond acceptors (Lipinski definition) is 1. The molecule has 0 amide bonds. The molecule has 0 radical (unpaired) electrons. The number of rotatable bonds is 3. The molecule has 0 aromatic heterocycles. The van der Waals surface area contributed by atoms with Crippen LogP contribution in [0, 0.1) is 18.6 Å². The van der Waals surface area contributed by atoms with Gasteiger partial charge in [0.2, 0.25) is 0 Å². The molecule has 110 valence electrons. The number of halogens is 2. The van der Waals surface area contributed by atoms with Gasteiger partial charge >= 0.3 is 0 Å². The molecule has 0 spiro atoms. The fraction of sp³-hybridized carbons (Fsp3) is 0.278. The van der Waals surface area contributed by atoms with E-state index in [9.17, 15) is 13.6 Å². The topological polar surface area (TPSA) is 17.1 Å². The van der Waals surface area contributed by atoms with Crippen LogP contribution in [-0.4, -0.2) is 5.78 Å². The van der Waals surface area contributed by atoms with Gasteiger partial charge in [-0.05, 0) is 37.1 Å². The largest absolute Gasteiger partial charge is 0.294 e. The molecular formula is C18H18F2O. The molecule has 0 aliphatic carbocycles. The van der Waals surface area contributed by atoms with Crippen molar-refractivity contribution in [3.05, 3.63) is 70.3 Å². The maximum absolute atomic E-state index is 14.0. The molecule has 0 bridgehead atoms. The Balaban J connectivity index is 2.55. The highest BCUT2D eigenvalue weighted by molar-refractivity contribution is 5.94. The van der Waals surface area contributed by atoms with Crippen molar-refractivity contribution in [2.75, 3.05) is 0 Å². The first-order valence-corrected chi connectivity index (χ1v) is 6.81. The minimum Gasteiger partial charge on any atom is -0.294 e. The summed E-state index contributed by atoms with van der Waals surface area (Å²) >= 11 is 0. The molecule has 1 nitrogen and oxygen atoms in total. The maximum atomic E-state index is 14.0. The van der Waals surface area contributed by atoms with Crippen LogP contribution in [0.5, 0.6) is 0 Å². The predicted octanol–water partition coefficient (Wildman–Crippen LogP) is 4.80. The molecule has 0 fully saturated rings. The Morgan fingerprint density at radius 3 is 1.86 bits per heavy atom. The molecule has 0 atom stereocenters. The smallest absolute Gasteiger partial charge is 0.165 e. The highest BCUT2D eigenvalue weighted by Gasteiger charge is 2.26. The number of benzene rings is 2. The highest BCUT2D eigenvalue weighted by Crippen LogP contribution is 2.33. The summed E-state index contributed by atoms with van der Waals surface area (Å²) in [5.74, 6) is -2.22. The van der Waals surface area contributed by atoms with Crippen molar-refractivity contribution in [2.45, 2.75) is 33.1 Å². The number of aryl methyl sites for hydroxylation is 1. The van der Waals surface area contributed by atoms with Crippen molar-refractivity contribution >= 4 is 5.78 Å². The third-order valence-corrected chi connectivity index (χ3v) is 3.89. The van der Waals surface area contributed by atoms with Gasteiger partial charge in [-0.2, -0.15) is 0 Å². The lowest BCUT2D eigenvalue weighted by atomic mass is 9.77. The van der Waals surface area contributed by atoms with Crippen LogP contribution >= 0.6 is 0 Å². The van der Waals surface area contributed by atoms with Crippen molar-refractivity contribution in [2.24, 2.45) is 0 Å². The van der Waals surface area contributed by atoms with Gasteiger partial charge < -0.3 is 0 Å². The van der Waals surface area contributed by atoms with E-state index in [4.69, 9.17) is 0 Å². The number of carbonyl (C=O) groups is 1. The molecule has 2 rings (SSSR count). The van der Waals surface area contributed by atoms with E-state index < -0.39 is 28.4 Å². The van der Waals surface area contributed by atoms with Gasteiger partial charge in [-0.15, -0.1) is 0 Å². The molecule has 21 heavy (non-hydrogen) atoms. The van der Waals surface area contributed by atoms with Crippen LogP contribution in [0.1, 0.15) is 47.8 Å². The van der Waals surface area contributed by atoms with Crippen LogP contribution in [0.15, 0.2) is 36.4 Å². The first-order valence-electron chi connectivity index (χ1n) is 6.81. The van der Waals surface area contributed by atoms with Gasteiger partial charge in [0.25, 0.3) is 0 Å². The highest BCUT2D eigenvalue weighted by atomic mass is 19.1. The Labute approximate surface area is 123 Å². The summed E-state index contributed by atoms with van der Waals surface area (Å²) in [6.45, 7) is 6.95. The average molecular weight is 288 g/mol. The van der Waals surface area contributed by atoms with E-state index in [-0.39, 0.29) is 0 Å². The van der Waals surface area contributed by atoms with Crippen molar-refractivity contribution in [3.8, 4) is 0 Å². The molecule has 2 aromatic carbocycles. The zero-order valence-corrected chi connectivity index (χ0v) is 12.6. The zero-order valence-electron chi connectivity index (χ0n) is 12.6. The predicted molar refractivity (Wildman–Crippen MR) is 79.7 cm³/mol. The second kappa shape index (κ2) is 5.40. The van der Waals surface area contributed by atoms with Gasteiger partial charge in [0.15, 0.2) is 5.78 Å². The van der Waals surface area contributed by atoms with E-state index >= 15 is 0 Å². The van der Waals surface area contributed by atoms with Gasteiger partial charge in [0.1, 0.15) is 11.6 Å². The maximum Gasteiger partial charge on any atom is 0.165 e. The zero-order chi connectivity index (χ0) is 15.8. The summed E-state index contributed by atoms with van der Waals surface area (Å²) in [5, 5.41) is 0. The Hall–Kier alpha value is -2.03. The molecule has 0 heterocycles. The first-order chi connectivity index (χ1) is 9.73. The van der Waals surface area contributed by atoms with Crippen LogP contribution < -0.4 is 0 Å². The average Bonchev–Trinajstić information content (AvgIpc) is 2.37. The van der Waals surface area contributed by atoms with Crippen molar-refractivity contribution in [3.63, 3.8) is 0 Å². The minimum atomic E-state index is -0.808.